The first-order valence-corrected chi connectivity index (χ1v) is 10.8. The van der Waals surface area contributed by atoms with E-state index >= 15 is 0 Å². The number of hydrogen-bond acceptors (Lipinski definition) is 3. The number of amides is 2. The highest BCUT2D eigenvalue weighted by Crippen LogP contribution is 2.15. The number of ether oxygens (including phenoxy) is 1. The van der Waals surface area contributed by atoms with Gasteiger partial charge in [-0.1, -0.05) is 70.2 Å². The average Bonchev–Trinajstić information content (AvgIpc) is 2.76. The molecule has 2 aromatic carbocycles. The van der Waals surface area contributed by atoms with E-state index in [1.807, 2.05) is 75.4 Å². The van der Waals surface area contributed by atoms with Gasteiger partial charge in [0.25, 0.3) is 5.91 Å². The quantitative estimate of drug-likeness (QED) is 0.604. The molecule has 0 saturated carbocycles. The summed E-state index contributed by atoms with van der Waals surface area (Å²) in [5.74, 6) is 0.671. The van der Waals surface area contributed by atoms with Gasteiger partial charge in [-0.3, -0.25) is 9.59 Å². The summed E-state index contributed by atoms with van der Waals surface area (Å²) in [4.78, 5) is 27.6. The Labute approximate surface area is 180 Å². The van der Waals surface area contributed by atoms with Gasteiger partial charge in [0.15, 0.2) is 6.61 Å². The van der Waals surface area contributed by atoms with Crippen LogP contribution in [0.2, 0.25) is 0 Å². The minimum Gasteiger partial charge on any atom is -0.484 e. The van der Waals surface area contributed by atoms with Crippen LogP contribution in [0.4, 0.5) is 0 Å². The molecule has 5 heteroatoms. The number of rotatable bonds is 11. The van der Waals surface area contributed by atoms with Crippen LogP contribution in [0.15, 0.2) is 54.6 Å². The van der Waals surface area contributed by atoms with Gasteiger partial charge in [-0.05, 0) is 42.0 Å². The third-order valence-electron chi connectivity index (χ3n) is 4.96. The number of benzene rings is 2. The first-order chi connectivity index (χ1) is 14.4. The second-order valence-electron chi connectivity index (χ2n) is 7.86. The summed E-state index contributed by atoms with van der Waals surface area (Å²) in [6.07, 6.45) is 1.49. The van der Waals surface area contributed by atoms with Crippen LogP contribution in [-0.4, -0.2) is 35.9 Å². The van der Waals surface area contributed by atoms with Crippen molar-refractivity contribution in [2.24, 2.45) is 5.92 Å². The summed E-state index contributed by atoms with van der Waals surface area (Å²) < 4.78 is 5.74. The minimum atomic E-state index is -0.539. The zero-order valence-corrected chi connectivity index (χ0v) is 18.6. The molecule has 0 aliphatic rings. The van der Waals surface area contributed by atoms with E-state index in [9.17, 15) is 9.59 Å². The number of carbonyl (C=O) groups is 2. The molecule has 162 valence electrons. The second-order valence-corrected chi connectivity index (χ2v) is 7.86. The number of nitrogens with zero attached hydrogens (tertiary/aromatic N) is 1. The van der Waals surface area contributed by atoms with E-state index in [0.717, 1.165) is 12.0 Å². The third-order valence-corrected chi connectivity index (χ3v) is 4.96. The van der Waals surface area contributed by atoms with Crippen LogP contribution in [0.1, 0.15) is 45.2 Å². The Balaban J connectivity index is 2.13. The van der Waals surface area contributed by atoms with E-state index in [1.54, 1.807) is 4.90 Å². The van der Waals surface area contributed by atoms with Crippen LogP contribution < -0.4 is 10.1 Å². The molecule has 0 fully saturated rings. The van der Waals surface area contributed by atoms with Crippen LogP contribution in [0.5, 0.6) is 5.75 Å². The highest BCUT2D eigenvalue weighted by atomic mass is 16.5. The maximum atomic E-state index is 13.1. The molecule has 1 N–H and O–H groups in total. The van der Waals surface area contributed by atoms with Crippen LogP contribution in [0.3, 0.4) is 0 Å². The molecule has 0 aromatic heterocycles. The molecular weight excluding hydrogens is 376 g/mol. The van der Waals surface area contributed by atoms with Crippen molar-refractivity contribution in [1.82, 2.24) is 10.2 Å². The van der Waals surface area contributed by atoms with Crippen molar-refractivity contribution in [3.63, 3.8) is 0 Å². The predicted molar refractivity (Wildman–Crippen MR) is 120 cm³/mol. The Hall–Kier alpha value is -2.82. The highest BCUT2D eigenvalue weighted by molar-refractivity contribution is 5.88. The maximum Gasteiger partial charge on any atom is 0.261 e. The number of carbonyl (C=O) groups excluding carboxylic acids is 2. The van der Waals surface area contributed by atoms with Crippen molar-refractivity contribution >= 4 is 11.8 Å². The predicted octanol–water partition coefficient (Wildman–Crippen LogP) is 4.21. The number of nitrogens with one attached hydrogen (secondary N) is 1. The molecule has 1 atom stereocenters. The van der Waals surface area contributed by atoms with E-state index in [4.69, 9.17) is 4.74 Å². The summed E-state index contributed by atoms with van der Waals surface area (Å²) >= 11 is 0. The monoisotopic (exact) mass is 410 g/mol. The second kappa shape index (κ2) is 12.0. The van der Waals surface area contributed by atoms with Crippen molar-refractivity contribution < 1.29 is 14.3 Å². The molecule has 0 aliphatic heterocycles. The van der Waals surface area contributed by atoms with Crippen molar-refractivity contribution in [1.29, 1.82) is 0 Å². The van der Waals surface area contributed by atoms with Gasteiger partial charge in [-0.15, -0.1) is 0 Å². The molecule has 30 heavy (non-hydrogen) atoms. The van der Waals surface area contributed by atoms with Crippen LogP contribution >= 0.6 is 0 Å². The van der Waals surface area contributed by atoms with Gasteiger partial charge in [-0.2, -0.15) is 0 Å². The third kappa shape index (κ3) is 7.21. The fourth-order valence-corrected chi connectivity index (χ4v) is 3.17. The smallest absolute Gasteiger partial charge is 0.261 e. The zero-order chi connectivity index (χ0) is 21.9. The first-order valence-electron chi connectivity index (χ1n) is 10.8. The van der Waals surface area contributed by atoms with Crippen LogP contribution in [0, 0.1) is 5.92 Å². The van der Waals surface area contributed by atoms with Gasteiger partial charge in [0, 0.05) is 13.1 Å². The molecule has 0 spiro atoms. The topological polar surface area (TPSA) is 58.6 Å². The first kappa shape index (κ1) is 23.5. The molecule has 0 aliphatic carbocycles. The fraction of sp³-hybridized carbons (Fsp3) is 0.440. The van der Waals surface area contributed by atoms with E-state index < -0.39 is 6.04 Å². The van der Waals surface area contributed by atoms with E-state index in [2.05, 4.69) is 12.2 Å². The summed E-state index contributed by atoms with van der Waals surface area (Å²) in [6, 6.07) is 16.9. The Morgan fingerprint density at radius 2 is 1.63 bits per heavy atom. The normalized spacial score (nSPS) is 11.8. The van der Waals surface area contributed by atoms with Gasteiger partial charge < -0.3 is 15.0 Å². The lowest BCUT2D eigenvalue weighted by Crippen LogP contribution is -2.50. The fourth-order valence-electron chi connectivity index (χ4n) is 3.17. The Morgan fingerprint density at radius 3 is 2.20 bits per heavy atom. The Bertz CT molecular complexity index is 788. The van der Waals surface area contributed by atoms with E-state index in [1.165, 1.54) is 5.56 Å². The highest BCUT2D eigenvalue weighted by Gasteiger charge is 2.28. The SMILES string of the molecule is CCc1ccc(OCC(=O)N(Cc2ccccc2)[C@H](CC)C(=O)NCC(C)C)cc1. The lowest BCUT2D eigenvalue weighted by atomic mass is 10.1. The summed E-state index contributed by atoms with van der Waals surface area (Å²) in [5.41, 5.74) is 2.19. The van der Waals surface area contributed by atoms with Gasteiger partial charge in [0.05, 0.1) is 0 Å². The molecule has 2 amide bonds. The van der Waals surface area contributed by atoms with E-state index in [0.29, 0.717) is 31.2 Å². The molecule has 0 bridgehead atoms. The molecule has 5 nitrogen and oxygen atoms in total. The van der Waals surface area contributed by atoms with Crippen molar-refractivity contribution in [3.8, 4) is 5.75 Å². The van der Waals surface area contributed by atoms with Crippen LogP contribution in [0.25, 0.3) is 0 Å². The lowest BCUT2D eigenvalue weighted by molar-refractivity contribution is -0.143. The standard InChI is InChI=1S/C25H34N2O3/c1-5-20-12-14-22(15-13-20)30-18-24(28)27(17-21-10-8-7-9-11-21)23(6-2)25(29)26-16-19(3)4/h7-15,19,23H,5-6,16-18H2,1-4H3,(H,26,29)/t23-/m1/s1. The summed E-state index contributed by atoms with van der Waals surface area (Å²) in [6.45, 7) is 8.96. The molecule has 0 radical (unpaired) electrons. The molecule has 2 rings (SSSR count). The minimum absolute atomic E-state index is 0.105. The molecular formula is C25H34N2O3. The van der Waals surface area contributed by atoms with Crippen molar-refractivity contribution in [2.75, 3.05) is 13.2 Å². The Morgan fingerprint density at radius 1 is 0.967 bits per heavy atom. The van der Waals surface area contributed by atoms with Crippen LogP contribution in [-0.2, 0) is 22.6 Å². The van der Waals surface area contributed by atoms with Gasteiger partial charge in [0.1, 0.15) is 11.8 Å². The van der Waals surface area contributed by atoms with E-state index in [-0.39, 0.29) is 18.4 Å². The maximum absolute atomic E-state index is 13.1. The average molecular weight is 411 g/mol. The summed E-state index contributed by atoms with van der Waals surface area (Å²) in [7, 11) is 0. The summed E-state index contributed by atoms with van der Waals surface area (Å²) in [5, 5.41) is 2.97. The number of aryl methyl sites for hydroxylation is 1. The van der Waals surface area contributed by atoms with Gasteiger partial charge >= 0.3 is 0 Å². The van der Waals surface area contributed by atoms with Crippen molar-refractivity contribution in [2.45, 2.75) is 53.1 Å². The molecule has 2 aromatic rings. The largest absolute Gasteiger partial charge is 0.484 e. The number of hydrogen-bond donors (Lipinski definition) is 1. The van der Waals surface area contributed by atoms with Crippen molar-refractivity contribution in [3.05, 3.63) is 65.7 Å². The lowest BCUT2D eigenvalue weighted by Gasteiger charge is -2.30. The molecule has 0 saturated heterocycles. The Kier molecular flexibility index (Phi) is 9.39. The van der Waals surface area contributed by atoms with Gasteiger partial charge in [-0.25, -0.2) is 0 Å². The molecule has 0 heterocycles. The molecule has 0 unspecified atom stereocenters. The van der Waals surface area contributed by atoms with Gasteiger partial charge in [0.2, 0.25) is 5.91 Å². The zero-order valence-electron chi connectivity index (χ0n) is 18.6.